The Kier molecular flexibility index (Phi) is 10.2. The van der Waals surface area contributed by atoms with Crippen LogP contribution in [0.3, 0.4) is 0 Å². The standard InChI is InChI=1S/C32H38FN3O5S/c1-4-30(32(38)34-26-8-5-6-9-26)35(21-24-14-16-25(33)17-15-24)31(37)22-36(27-10-7-11-28(20-27)41-3)42(39,40)29-18-12-23(2)13-19-29/h7,10-20,26,30H,4-6,8-9,21-22H2,1-3H3,(H,34,38). The number of carbonyl (C=O) groups excluding carboxylic acids is 2. The molecule has 3 aromatic rings. The quantitative estimate of drug-likeness (QED) is 0.310. The molecule has 10 heteroatoms. The van der Waals surface area contributed by atoms with Crippen molar-refractivity contribution in [3.8, 4) is 5.75 Å². The molecule has 0 heterocycles. The topological polar surface area (TPSA) is 96.0 Å². The predicted molar refractivity (Wildman–Crippen MR) is 160 cm³/mol. The van der Waals surface area contributed by atoms with E-state index in [1.54, 1.807) is 48.5 Å². The molecule has 3 aromatic carbocycles. The average Bonchev–Trinajstić information content (AvgIpc) is 3.50. The van der Waals surface area contributed by atoms with Gasteiger partial charge in [0.05, 0.1) is 17.7 Å². The van der Waals surface area contributed by atoms with Gasteiger partial charge in [-0.3, -0.25) is 13.9 Å². The Morgan fingerprint density at radius 3 is 2.31 bits per heavy atom. The summed E-state index contributed by atoms with van der Waals surface area (Å²) in [6.07, 6.45) is 4.15. The first-order valence-corrected chi connectivity index (χ1v) is 15.6. The molecular weight excluding hydrogens is 557 g/mol. The summed E-state index contributed by atoms with van der Waals surface area (Å²) in [7, 11) is -2.72. The van der Waals surface area contributed by atoms with E-state index in [2.05, 4.69) is 5.32 Å². The van der Waals surface area contributed by atoms with Crippen LogP contribution in [0.15, 0.2) is 77.7 Å². The van der Waals surface area contributed by atoms with Gasteiger partial charge in [0.25, 0.3) is 10.0 Å². The van der Waals surface area contributed by atoms with Crippen molar-refractivity contribution in [2.75, 3.05) is 18.0 Å². The zero-order valence-electron chi connectivity index (χ0n) is 24.3. The van der Waals surface area contributed by atoms with Crippen LogP contribution >= 0.6 is 0 Å². The number of benzene rings is 3. The molecule has 1 aliphatic carbocycles. The molecule has 0 spiro atoms. The SMILES string of the molecule is CCC(C(=O)NC1CCCC1)N(Cc1ccc(F)cc1)C(=O)CN(c1cccc(OC)c1)S(=O)(=O)c1ccc(C)cc1. The van der Waals surface area contributed by atoms with Gasteiger partial charge in [-0.05, 0) is 68.1 Å². The first-order valence-electron chi connectivity index (χ1n) is 14.2. The molecule has 1 atom stereocenters. The second-order valence-electron chi connectivity index (χ2n) is 10.6. The summed E-state index contributed by atoms with van der Waals surface area (Å²) in [5.41, 5.74) is 1.75. The highest BCUT2D eigenvalue weighted by molar-refractivity contribution is 7.92. The van der Waals surface area contributed by atoms with Gasteiger partial charge in [-0.25, -0.2) is 12.8 Å². The fourth-order valence-electron chi connectivity index (χ4n) is 5.21. The molecule has 1 N–H and O–H groups in total. The Morgan fingerprint density at radius 2 is 1.69 bits per heavy atom. The molecule has 1 aliphatic rings. The minimum Gasteiger partial charge on any atom is -0.497 e. The molecule has 0 bridgehead atoms. The lowest BCUT2D eigenvalue weighted by atomic mass is 10.1. The molecule has 0 saturated heterocycles. The van der Waals surface area contributed by atoms with Crippen molar-refractivity contribution in [2.45, 2.75) is 69.5 Å². The molecule has 4 rings (SSSR count). The third-order valence-electron chi connectivity index (χ3n) is 7.58. The lowest BCUT2D eigenvalue weighted by Gasteiger charge is -2.33. The van der Waals surface area contributed by atoms with Gasteiger partial charge < -0.3 is 15.0 Å². The summed E-state index contributed by atoms with van der Waals surface area (Å²) in [5.74, 6) is -0.842. The van der Waals surface area contributed by atoms with Crippen LogP contribution in [0.25, 0.3) is 0 Å². The maximum Gasteiger partial charge on any atom is 0.264 e. The van der Waals surface area contributed by atoms with Gasteiger partial charge in [-0.1, -0.05) is 55.7 Å². The van der Waals surface area contributed by atoms with Crippen molar-refractivity contribution < 1.29 is 27.1 Å². The van der Waals surface area contributed by atoms with E-state index in [1.807, 2.05) is 13.8 Å². The van der Waals surface area contributed by atoms with Crippen LogP contribution in [0.4, 0.5) is 10.1 Å². The number of halogens is 1. The number of carbonyl (C=O) groups is 2. The van der Waals surface area contributed by atoms with E-state index in [0.29, 0.717) is 17.7 Å². The van der Waals surface area contributed by atoms with E-state index in [9.17, 15) is 22.4 Å². The lowest BCUT2D eigenvalue weighted by Crippen LogP contribution is -2.53. The van der Waals surface area contributed by atoms with Crippen LogP contribution < -0.4 is 14.4 Å². The van der Waals surface area contributed by atoms with E-state index in [4.69, 9.17) is 4.74 Å². The average molecular weight is 596 g/mol. The summed E-state index contributed by atoms with van der Waals surface area (Å²) in [6, 6.07) is 17.8. The molecule has 0 aromatic heterocycles. The lowest BCUT2D eigenvalue weighted by molar-refractivity contribution is -0.140. The van der Waals surface area contributed by atoms with Crippen molar-refractivity contribution in [2.24, 2.45) is 0 Å². The van der Waals surface area contributed by atoms with Gasteiger partial charge in [0, 0.05) is 18.7 Å². The molecule has 1 saturated carbocycles. The Hall–Kier alpha value is -3.92. The smallest absolute Gasteiger partial charge is 0.264 e. The summed E-state index contributed by atoms with van der Waals surface area (Å²) >= 11 is 0. The second-order valence-corrected chi connectivity index (χ2v) is 12.5. The van der Waals surface area contributed by atoms with Crippen molar-refractivity contribution in [1.82, 2.24) is 10.2 Å². The van der Waals surface area contributed by atoms with E-state index < -0.39 is 34.3 Å². The van der Waals surface area contributed by atoms with E-state index in [-0.39, 0.29) is 29.1 Å². The second kappa shape index (κ2) is 13.8. The molecule has 42 heavy (non-hydrogen) atoms. The number of methoxy groups -OCH3 is 1. The van der Waals surface area contributed by atoms with Crippen molar-refractivity contribution in [3.63, 3.8) is 0 Å². The summed E-state index contributed by atoms with van der Waals surface area (Å²) in [5, 5.41) is 3.08. The van der Waals surface area contributed by atoms with Crippen molar-refractivity contribution in [3.05, 3.63) is 89.7 Å². The number of ether oxygens (including phenoxy) is 1. The molecule has 0 aliphatic heterocycles. The highest BCUT2D eigenvalue weighted by atomic mass is 32.2. The van der Waals surface area contributed by atoms with Crippen LogP contribution in [0, 0.1) is 12.7 Å². The Bertz CT molecular complexity index is 1470. The third kappa shape index (κ3) is 7.47. The number of anilines is 1. The number of nitrogens with zero attached hydrogens (tertiary/aromatic N) is 2. The number of sulfonamides is 1. The number of hydrogen-bond donors (Lipinski definition) is 1. The molecule has 1 unspecified atom stereocenters. The van der Waals surface area contributed by atoms with E-state index in [1.165, 1.54) is 36.3 Å². The Balaban J connectivity index is 1.72. The molecule has 2 amide bonds. The maximum absolute atomic E-state index is 14.2. The monoisotopic (exact) mass is 595 g/mol. The highest BCUT2D eigenvalue weighted by Gasteiger charge is 2.34. The zero-order valence-corrected chi connectivity index (χ0v) is 25.1. The number of aryl methyl sites for hydroxylation is 1. The highest BCUT2D eigenvalue weighted by Crippen LogP contribution is 2.28. The van der Waals surface area contributed by atoms with Gasteiger partial charge in [0.1, 0.15) is 24.2 Å². The zero-order chi connectivity index (χ0) is 30.3. The number of amides is 2. The molecular formula is C32H38FN3O5S. The molecule has 224 valence electrons. The summed E-state index contributed by atoms with van der Waals surface area (Å²) in [6.45, 7) is 3.12. The minimum atomic E-state index is -4.19. The van der Waals surface area contributed by atoms with Gasteiger partial charge in [-0.15, -0.1) is 0 Å². The normalized spacial score (nSPS) is 14.3. The van der Waals surface area contributed by atoms with Gasteiger partial charge in [-0.2, -0.15) is 0 Å². The van der Waals surface area contributed by atoms with Gasteiger partial charge in [0.2, 0.25) is 11.8 Å². The molecule has 8 nitrogen and oxygen atoms in total. The van der Waals surface area contributed by atoms with Gasteiger partial charge in [0.15, 0.2) is 0 Å². The van der Waals surface area contributed by atoms with Gasteiger partial charge >= 0.3 is 0 Å². The fourth-order valence-corrected chi connectivity index (χ4v) is 6.61. The van der Waals surface area contributed by atoms with Crippen molar-refractivity contribution in [1.29, 1.82) is 0 Å². The molecule has 1 fully saturated rings. The molecule has 0 radical (unpaired) electrons. The first kappa shape index (κ1) is 31.0. The van der Waals surface area contributed by atoms with E-state index >= 15 is 0 Å². The Morgan fingerprint density at radius 1 is 1.02 bits per heavy atom. The number of nitrogens with one attached hydrogen (secondary N) is 1. The van der Waals surface area contributed by atoms with Crippen LogP contribution in [0.1, 0.15) is 50.2 Å². The summed E-state index contributed by atoms with van der Waals surface area (Å²) < 4.78 is 48.0. The van der Waals surface area contributed by atoms with Crippen molar-refractivity contribution >= 4 is 27.5 Å². The van der Waals surface area contributed by atoms with Crippen LogP contribution in [-0.2, 0) is 26.2 Å². The summed E-state index contributed by atoms with van der Waals surface area (Å²) in [4.78, 5) is 29.1. The minimum absolute atomic E-state index is 0.00619. The number of rotatable bonds is 12. The fraction of sp³-hybridized carbons (Fsp3) is 0.375. The first-order chi connectivity index (χ1) is 20.1. The Labute approximate surface area is 247 Å². The van der Waals surface area contributed by atoms with Crippen LogP contribution in [0.5, 0.6) is 5.75 Å². The van der Waals surface area contributed by atoms with Crippen LogP contribution in [-0.4, -0.2) is 50.9 Å². The largest absolute Gasteiger partial charge is 0.497 e. The maximum atomic E-state index is 14.2. The number of hydrogen-bond acceptors (Lipinski definition) is 5. The third-order valence-corrected chi connectivity index (χ3v) is 9.37. The van der Waals surface area contributed by atoms with E-state index in [0.717, 1.165) is 35.6 Å². The predicted octanol–water partition coefficient (Wildman–Crippen LogP) is 5.20. The van der Waals surface area contributed by atoms with Crippen LogP contribution in [0.2, 0.25) is 0 Å².